The van der Waals surface area contributed by atoms with Gasteiger partial charge in [0.15, 0.2) is 0 Å². The van der Waals surface area contributed by atoms with E-state index in [-0.39, 0.29) is 11.7 Å². The number of rotatable bonds is 3. The first kappa shape index (κ1) is 13.7. The molecule has 1 amide bonds. The molecule has 0 atom stereocenters. The number of halogens is 1. The van der Waals surface area contributed by atoms with Crippen LogP contribution in [-0.2, 0) is 6.54 Å². The van der Waals surface area contributed by atoms with E-state index >= 15 is 0 Å². The molecule has 3 rings (SSSR count). The summed E-state index contributed by atoms with van der Waals surface area (Å²) in [7, 11) is 0. The molecule has 0 saturated carbocycles. The van der Waals surface area contributed by atoms with Gasteiger partial charge in [-0.1, -0.05) is 46.3 Å². The van der Waals surface area contributed by atoms with Crippen LogP contribution in [-0.4, -0.2) is 5.91 Å². The van der Waals surface area contributed by atoms with Crippen molar-refractivity contribution < 1.29 is 9.21 Å². The summed E-state index contributed by atoms with van der Waals surface area (Å²) in [6.07, 6.45) is 0. The minimum Gasteiger partial charge on any atom is -0.449 e. The molecule has 0 fully saturated rings. The first-order valence-electron chi connectivity index (χ1n) is 6.45. The van der Waals surface area contributed by atoms with Crippen LogP contribution < -0.4 is 11.1 Å². The lowest BCUT2D eigenvalue weighted by molar-refractivity contribution is 0.0926. The van der Waals surface area contributed by atoms with Crippen LogP contribution in [0.25, 0.3) is 11.0 Å². The highest BCUT2D eigenvalue weighted by atomic mass is 79.9. The van der Waals surface area contributed by atoms with E-state index in [4.69, 9.17) is 10.2 Å². The number of furan rings is 1. The Morgan fingerprint density at radius 2 is 1.95 bits per heavy atom. The van der Waals surface area contributed by atoms with E-state index in [1.165, 1.54) is 0 Å². The zero-order valence-electron chi connectivity index (χ0n) is 11.1. The number of nitrogens with two attached hydrogens (primary N) is 1. The predicted octanol–water partition coefficient (Wildman–Crippen LogP) is 3.71. The SMILES string of the molecule is Nc1c(C(=O)NCc2ccccc2)oc2ccc(Br)cc12. The van der Waals surface area contributed by atoms with E-state index in [1.54, 1.807) is 6.07 Å². The Kier molecular flexibility index (Phi) is 3.66. The fourth-order valence-corrected chi connectivity index (χ4v) is 2.48. The van der Waals surface area contributed by atoms with Gasteiger partial charge in [0.2, 0.25) is 5.76 Å². The Balaban J connectivity index is 1.83. The number of hydrogen-bond donors (Lipinski definition) is 2. The highest BCUT2D eigenvalue weighted by Crippen LogP contribution is 2.30. The number of nitrogens with one attached hydrogen (secondary N) is 1. The van der Waals surface area contributed by atoms with Gasteiger partial charge in [-0.25, -0.2) is 0 Å². The Bertz CT molecular complexity index is 797. The molecule has 0 radical (unpaired) electrons. The largest absolute Gasteiger partial charge is 0.449 e. The molecule has 106 valence electrons. The third-order valence-corrected chi connectivity index (χ3v) is 3.68. The van der Waals surface area contributed by atoms with Crippen molar-refractivity contribution in [3.8, 4) is 0 Å². The van der Waals surface area contributed by atoms with Crippen LogP contribution in [0.5, 0.6) is 0 Å². The predicted molar refractivity (Wildman–Crippen MR) is 85.9 cm³/mol. The van der Waals surface area contributed by atoms with Crippen molar-refractivity contribution >= 4 is 38.5 Å². The third-order valence-electron chi connectivity index (χ3n) is 3.19. The van der Waals surface area contributed by atoms with Crippen molar-refractivity contribution in [3.05, 3.63) is 64.3 Å². The molecule has 0 aliphatic heterocycles. The molecule has 0 unspecified atom stereocenters. The summed E-state index contributed by atoms with van der Waals surface area (Å²) in [6, 6.07) is 15.1. The number of hydrogen-bond acceptors (Lipinski definition) is 3. The first-order valence-corrected chi connectivity index (χ1v) is 7.24. The summed E-state index contributed by atoms with van der Waals surface area (Å²) >= 11 is 3.38. The summed E-state index contributed by atoms with van der Waals surface area (Å²) in [5.41, 5.74) is 7.98. The molecule has 1 aromatic heterocycles. The van der Waals surface area contributed by atoms with Crippen LogP contribution in [0.2, 0.25) is 0 Å². The van der Waals surface area contributed by atoms with Crippen molar-refractivity contribution in [2.75, 3.05) is 5.73 Å². The van der Waals surface area contributed by atoms with Crippen molar-refractivity contribution in [2.45, 2.75) is 6.54 Å². The summed E-state index contributed by atoms with van der Waals surface area (Å²) in [4.78, 5) is 12.2. The second kappa shape index (κ2) is 5.61. The van der Waals surface area contributed by atoms with Crippen LogP contribution in [0.1, 0.15) is 16.1 Å². The fraction of sp³-hybridized carbons (Fsp3) is 0.0625. The van der Waals surface area contributed by atoms with Crippen LogP contribution in [0.4, 0.5) is 5.69 Å². The number of benzene rings is 2. The van der Waals surface area contributed by atoms with E-state index in [2.05, 4.69) is 21.2 Å². The lowest BCUT2D eigenvalue weighted by Crippen LogP contribution is -2.23. The van der Waals surface area contributed by atoms with Gasteiger partial charge in [-0.05, 0) is 23.8 Å². The van der Waals surface area contributed by atoms with Gasteiger partial charge in [-0.3, -0.25) is 4.79 Å². The van der Waals surface area contributed by atoms with Crippen molar-refractivity contribution in [1.82, 2.24) is 5.32 Å². The minimum atomic E-state index is -0.316. The fourth-order valence-electron chi connectivity index (χ4n) is 2.12. The number of fused-ring (bicyclic) bond motifs is 1. The van der Waals surface area contributed by atoms with E-state index in [0.29, 0.717) is 17.8 Å². The second-order valence-electron chi connectivity index (χ2n) is 4.65. The second-order valence-corrected chi connectivity index (χ2v) is 5.57. The smallest absolute Gasteiger partial charge is 0.289 e. The van der Waals surface area contributed by atoms with Crippen LogP contribution in [0.3, 0.4) is 0 Å². The highest BCUT2D eigenvalue weighted by Gasteiger charge is 2.18. The molecule has 21 heavy (non-hydrogen) atoms. The molecule has 3 aromatic rings. The van der Waals surface area contributed by atoms with Gasteiger partial charge in [-0.2, -0.15) is 0 Å². The average molecular weight is 345 g/mol. The van der Waals surface area contributed by atoms with Gasteiger partial charge in [-0.15, -0.1) is 0 Å². The number of carbonyl (C=O) groups excluding carboxylic acids is 1. The molecule has 0 spiro atoms. The Morgan fingerprint density at radius 1 is 1.19 bits per heavy atom. The van der Waals surface area contributed by atoms with Gasteiger partial charge in [0.1, 0.15) is 5.58 Å². The normalized spacial score (nSPS) is 10.7. The Morgan fingerprint density at radius 3 is 2.71 bits per heavy atom. The lowest BCUT2D eigenvalue weighted by Gasteiger charge is -2.03. The molecule has 5 heteroatoms. The van der Waals surface area contributed by atoms with E-state index in [1.807, 2.05) is 42.5 Å². The monoisotopic (exact) mass is 344 g/mol. The van der Waals surface area contributed by atoms with Crippen molar-refractivity contribution in [3.63, 3.8) is 0 Å². The standard InChI is InChI=1S/C16H13BrN2O2/c17-11-6-7-13-12(8-11)14(18)15(21-13)16(20)19-9-10-4-2-1-3-5-10/h1-8H,9,18H2,(H,19,20). The van der Waals surface area contributed by atoms with Crippen LogP contribution >= 0.6 is 15.9 Å². The third kappa shape index (κ3) is 2.78. The maximum Gasteiger partial charge on any atom is 0.289 e. The molecule has 1 heterocycles. The molecule has 4 nitrogen and oxygen atoms in total. The zero-order chi connectivity index (χ0) is 14.8. The zero-order valence-corrected chi connectivity index (χ0v) is 12.7. The maximum absolute atomic E-state index is 12.2. The van der Waals surface area contributed by atoms with Gasteiger partial charge in [0.25, 0.3) is 5.91 Å². The first-order chi connectivity index (χ1) is 10.1. The molecule has 0 aliphatic rings. The van der Waals surface area contributed by atoms with Gasteiger partial charge in [0.05, 0.1) is 5.69 Å². The number of anilines is 1. The Labute approximate surface area is 130 Å². The van der Waals surface area contributed by atoms with E-state index in [0.717, 1.165) is 15.4 Å². The van der Waals surface area contributed by atoms with Crippen molar-refractivity contribution in [2.24, 2.45) is 0 Å². The summed E-state index contributed by atoms with van der Waals surface area (Å²) in [6.45, 7) is 0.430. The number of amides is 1. The number of nitrogen functional groups attached to an aromatic ring is 1. The highest BCUT2D eigenvalue weighted by molar-refractivity contribution is 9.10. The topological polar surface area (TPSA) is 68.3 Å². The van der Waals surface area contributed by atoms with Crippen molar-refractivity contribution in [1.29, 1.82) is 0 Å². The molecule has 3 N–H and O–H groups in total. The lowest BCUT2D eigenvalue weighted by atomic mass is 10.2. The molecular formula is C16H13BrN2O2. The molecule has 0 saturated heterocycles. The summed E-state index contributed by atoms with van der Waals surface area (Å²) in [5.74, 6) is -0.164. The number of carbonyl (C=O) groups is 1. The van der Waals surface area contributed by atoms with Gasteiger partial charge >= 0.3 is 0 Å². The minimum absolute atomic E-state index is 0.152. The quantitative estimate of drug-likeness (QED) is 0.760. The van der Waals surface area contributed by atoms with Gasteiger partial charge in [0, 0.05) is 16.4 Å². The van der Waals surface area contributed by atoms with Crippen LogP contribution in [0.15, 0.2) is 57.4 Å². The molecular weight excluding hydrogens is 332 g/mol. The molecule has 2 aromatic carbocycles. The summed E-state index contributed by atoms with van der Waals surface area (Å²) < 4.78 is 6.43. The molecule has 0 bridgehead atoms. The summed E-state index contributed by atoms with van der Waals surface area (Å²) in [5, 5.41) is 3.54. The van der Waals surface area contributed by atoms with E-state index < -0.39 is 0 Å². The maximum atomic E-state index is 12.2. The Hall–Kier alpha value is -2.27. The van der Waals surface area contributed by atoms with E-state index in [9.17, 15) is 4.79 Å². The van der Waals surface area contributed by atoms with Crippen LogP contribution in [0, 0.1) is 0 Å². The molecule has 0 aliphatic carbocycles. The van der Waals surface area contributed by atoms with Gasteiger partial charge < -0.3 is 15.5 Å². The average Bonchev–Trinajstić information content (AvgIpc) is 2.83.